The zero-order valence-electron chi connectivity index (χ0n) is 8.84. The second kappa shape index (κ2) is 3.69. The van der Waals surface area contributed by atoms with Crippen LogP contribution in [0, 0.1) is 17.3 Å². The summed E-state index contributed by atoms with van der Waals surface area (Å²) >= 11 is 0. The van der Waals surface area contributed by atoms with Crippen LogP contribution in [0.2, 0.25) is 0 Å². The highest BCUT2D eigenvalue weighted by Crippen LogP contribution is 2.42. The monoisotopic (exact) mass is 184 g/mol. The summed E-state index contributed by atoms with van der Waals surface area (Å²) in [6.45, 7) is 6.67. The van der Waals surface area contributed by atoms with Crippen molar-refractivity contribution in [2.45, 2.75) is 46.5 Å². The third-order valence-electron chi connectivity index (χ3n) is 3.33. The van der Waals surface area contributed by atoms with Crippen LogP contribution in [-0.2, 0) is 4.79 Å². The van der Waals surface area contributed by atoms with Gasteiger partial charge in [0.05, 0.1) is 0 Å². The van der Waals surface area contributed by atoms with E-state index in [1.54, 1.807) is 0 Å². The van der Waals surface area contributed by atoms with Gasteiger partial charge in [0.1, 0.15) is 0 Å². The summed E-state index contributed by atoms with van der Waals surface area (Å²) in [6.07, 6.45) is 3.85. The molecule has 13 heavy (non-hydrogen) atoms. The van der Waals surface area contributed by atoms with Gasteiger partial charge in [0.2, 0.25) is 0 Å². The average molecular weight is 184 g/mol. The van der Waals surface area contributed by atoms with Crippen molar-refractivity contribution in [1.29, 1.82) is 0 Å². The molecule has 1 aliphatic rings. The molecule has 0 aromatic rings. The third kappa shape index (κ3) is 3.02. The molecular weight excluding hydrogens is 164 g/mol. The Hall–Kier alpha value is -0.530. The maximum absolute atomic E-state index is 10.6. The van der Waals surface area contributed by atoms with E-state index in [1.807, 2.05) is 0 Å². The topological polar surface area (TPSA) is 37.3 Å². The van der Waals surface area contributed by atoms with Crippen molar-refractivity contribution >= 4 is 5.97 Å². The molecule has 1 N–H and O–H groups in total. The highest BCUT2D eigenvalue weighted by Gasteiger charge is 2.33. The second-order valence-corrected chi connectivity index (χ2v) is 5.24. The Morgan fingerprint density at radius 2 is 2.15 bits per heavy atom. The normalized spacial score (nSPS) is 32.8. The standard InChI is InChI=1S/C11H20O2/c1-8-4-5-11(2,3)7-9(8)6-10(12)13/h8-9H,4-7H2,1-3H3,(H,12,13). The molecule has 0 amide bonds. The van der Waals surface area contributed by atoms with Crippen LogP contribution in [0.5, 0.6) is 0 Å². The van der Waals surface area contributed by atoms with Crippen molar-refractivity contribution in [2.24, 2.45) is 17.3 Å². The van der Waals surface area contributed by atoms with Crippen molar-refractivity contribution in [3.63, 3.8) is 0 Å². The lowest BCUT2D eigenvalue weighted by molar-refractivity contribution is -0.139. The lowest BCUT2D eigenvalue weighted by Crippen LogP contribution is -2.29. The van der Waals surface area contributed by atoms with Crippen molar-refractivity contribution in [3.8, 4) is 0 Å². The van der Waals surface area contributed by atoms with Gasteiger partial charge in [0, 0.05) is 6.42 Å². The minimum absolute atomic E-state index is 0.352. The molecule has 0 aromatic carbocycles. The minimum atomic E-state index is -0.644. The fourth-order valence-electron chi connectivity index (χ4n) is 2.36. The zero-order valence-corrected chi connectivity index (χ0v) is 8.84. The van der Waals surface area contributed by atoms with Gasteiger partial charge >= 0.3 is 5.97 Å². The third-order valence-corrected chi connectivity index (χ3v) is 3.33. The molecule has 1 aliphatic carbocycles. The van der Waals surface area contributed by atoms with Crippen LogP contribution in [0.4, 0.5) is 0 Å². The number of hydrogen-bond acceptors (Lipinski definition) is 1. The highest BCUT2D eigenvalue weighted by atomic mass is 16.4. The molecule has 2 atom stereocenters. The molecule has 0 aliphatic heterocycles. The summed E-state index contributed by atoms with van der Waals surface area (Å²) in [5.74, 6) is 0.333. The smallest absolute Gasteiger partial charge is 0.303 e. The van der Waals surface area contributed by atoms with Crippen LogP contribution in [-0.4, -0.2) is 11.1 Å². The van der Waals surface area contributed by atoms with Crippen molar-refractivity contribution in [2.75, 3.05) is 0 Å². The van der Waals surface area contributed by atoms with E-state index < -0.39 is 5.97 Å². The summed E-state index contributed by atoms with van der Waals surface area (Å²) < 4.78 is 0. The SMILES string of the molecule is CC1CCC(C)(C)CC1CC(=O)O. The van der Waals surface area contributed by atoms with Gasteiger partial charge in [-0.25, -0.2) is 0 Å². The molecule has 76 valence electrons. The first-order valence-electron chi connectivity index (χ1n) is 5.12. The minimum Gasteiger partial charge on any atom is -0.481 e. The predicted molar refractivity (Wildman–Crippen MR) is 52.5 cm³/mol. The average Bonchev–Trinajstić information content (AvgIpc) is 1.95. The van der Waals surface area contributed by atoms with Crippen molar-refractivity contribution in [1.82, 2.24) is 0 Å². The second-order valence-electron chi connectivity index (χ2n) is 5.24. The molecule has 2 heteroatoms. The zero-order chi connectivity index (χ0) is 10.1. The Balaban J connectivity index is 2.55. The molecule has 0 saturated heterocycles. The Bertz CT molecular complexity index is 196. The molecule has 0 aromatic heterocycles. The fourth-order valence-corrected chi connectivity index (χ4v) is 2.36. The van der Waals surface area contributed by atoms with Gasteiger partial charge in [-0.05, 0) is 36.5 Å². The molecule has 2 nitrogen and oxygen atoms in total. The van der Waals surface area contributed by atoms with Gasteiger partial charge in [-0.1, -0.05) is 20.8 Å². The van der Waals surface area contributed by atoms with Crippen molar-refractivity contribution < 1.29 is 9.90 Å². The lowest BCUT2D eigenvalue weighted by Gasteiger charge is -2.38. The summed E-state index contributed by atoms with van der Waals surface area (Å²) in [5, 5.41) is 8.75. The molecule has 1 fully saturated rings. The first-order chi connectivity index (χ1) is 5.91. The first-order valence-corrected chi connectivity index (χ1v) is 5.12. The van der Waals surface area contributed by atoms with Gasteiger partial charge in [-0.3, -0.25) is 4.79 Å². The van der Waals surface area contributed by atoms with E-state index in [9.17, 15) is 4.79 Å². The predicted octanol–water partition coefficient (Wildman–Crippen LogP) is 2.92. The van der Waals surface area contributed by atoms with Crippen LogP contribution >= 0.6 is 0 Å². The lowest BCUT2D eigenvalue weighted by atomic mass is 9.67. The number of rotatable bonds is 2. The van der Waals surface area contributed by atoms with Gasteiger partial charge < -0.3 is 5.11 Å². The summed E-state index contributed by atoms with van der Waals surface area (Å²) in [4.78, 5) is 10.6. The quantitative estimate of drug-likeness (QED) is 0.716. The molecule has 0 heterocycles. The first kappa shape index (κ1) is 10.6. The maximum Gasteiger partial charge on any atom is 0.303 e. The maximum atomic E-state index is 10.6. The Labute approximate surface area is 80.3 Å². The molecule has 0 radical (unpaired) electrons. The van der Waals surface area contributed by atoms with E-state index in [0.717, 1.165) is 6.42 Å². The van der Waals surface area contributed by atoms with Crippen LogP contribution in [0.1, 0.15) is 46.5 Å². The molecular formula is C11H20O2. The molecule has 1 rings (SSSR count). The van der Waals surface area contributed by atoms with Crippen LogP contribution in [0.15, 0.2) is 0 Å². The number of carboxylic acid groups (broad SMARTS) is 1. The number of hydrogen-bond donors (Lipinski definition) is 1. The van der Waals surface area contributed by atoms with Crippen molar-refractivity contribution in [3.05, 3.63) is 0 Å². The molecule has 1 saturated carbocycles. The largest absolute Gasteiger partial charge is 0.481 e. The number of aliphatic carboxylic acids is 1. The van der Waals surface area contributed by atoms with E-state index in [1.165, 1.54) is 12.8 Å². The number of carbonyl (C=O) groups is 1. The van der Waals surface area contributed by atoms with E-state index in [4.69, 9.17) is 5.11 Å². The van der Waals surface area contributed by atoms with E-state index in [2.05, 4.69) is 20.8 Å². The Morgan fingerprint density at radius 3 is 2.69 bits per heavy atom. The summed E-state index contributed by atoms with van der Waals surface area (Å²) in [7, 11) is 0. The molecule has 2 unspecified atom stereocenters. The van der Waals surface area contributed by atoms with Crippen LogP contribution in [0.3, 0.4) is 0 Å². The van der Waals surface area contributed by atoms with Gasteiger partial charge in [0.15, 0.2) is 0 Å². The highest BCUT2D eigenvalue weighted by molar-refractivity contribution is 5.67. The summed E-state index contributed by atoms with van der Waals surface area (Å²) in [5.41, 5.74) is 0.354. The summed E-state index contributed by atoms with van der Waals surface area (Å²) in [6, 6.07) is 0. The molecule has 0 spiro atoms. The fraction of sp³-hybridized carbons (Fsp3) is 0.909. The van der Waals surface area contributed by atoms with Gasteiger partial charge in [-0.15, -0.1) is 0 Å². The van der Waals surface area contributed by atoms with Gasteiger partial charge in [0.25, 0.3) is 0 Å². The Kier molecular flexibility index (Phi) is 2.99. The Morgan fingerprint density at radius 1 is 1.54 bits per heavy atom. The van der Waals surface area contributed by atoms with Crippen LogP contribution in [0.25, 0.3) is 0 Å². The van der Waals surface area contributed by atoms with Crippen LogP contribution < -0.4 is 0 Å². The van der Waals surface area contributed by atoms with E-state index >= 15 is 0 Å². The number of carboxylic acids is 1. The molecule has 0 bridgehead atoms. The van der Waals surface area contributed by atoms with E-state index in [0.29, 0.717) is 23.7 Å². The van der Waals surface area contributed by atoms with E-state index in [-0.39, 0.29) is 0 Å². The van der Waals surface area contributed by atoms with Gasteiger partial charge in [-0.2, -0.15) is 0 Å².